The normalized spacial score (nSPS) is 17.5. The Kier molecular flexibility index (Phi) is 7.69. The maximum Gasteiger partial charge on any atom is 0.523 e. The Morgan fingerprint density at radius 1 is 1.30 bits per heavy atom. The number of nitrogens with zero attached hydrogens (tertiary/aromatic N) is 3. The van der Waals surface area contributed by atoms with Crippen LogP contribution in [0, 0.1) is 0 Å². The monoisotopic (exact) mass is 367 g/mol. The fourth-order valence-corrected chi connectivity index (χ4v) is 1.75. The topological polar surface area (TPSA) is 179 Å². The third-order valence-electron chi connectivity index (χ3n) is 2.33. The van der Waals surface area contributed by atoms with Gasteiger partial charge in [-0.2, -0.15) is 21.6 Å². The number of esters is 1. The molecular weight excluding hydrogens is 355 g/mol. The van der Waals surface area contributed by atoms with Crippen LogP contribution in [0.25, 0.3) is 10.4 Å². The van der Waals surface area contributed by atoms with Crippen molar-refractivity contribution in [2.45, 2.75) is 29.9 Å². The van der Waals surface area contributed by atoms with Gasteiger partial charge in [0.15, 0.2) is 0 Å². The molecule has 0 bridgehead atoms. The summed E-state index contributed by atoms with van der Waals surface area (Å²) in [6, 6.07) is 0. The summed E-state index contributed by atoms with van der Waals surface area (Å²) < 4.78 is 66.0. The van der Waals surface area contributed by atoms with Crippen LogP contribution in [0.4, 0.5) is 13.2 Å². The Hall–Kier alpha value is -1.64. The molecule has 0 amide bonds. The fourth-order valence-electron chi connectivity index (χ4n) is 1.18. The lowest BCUT2D eigenvalue weighted by Crippen LogP contribution is -2.51. The van der Waals surface area contributed by atoms with E-state index in [1.165, 1.54) is 0 Å². The Morgan fingerprint density at radius 2 is 1.83 bits per heavy atom. The van der Waals surface area contributed by atoms with Crippen molar-refractivity contribution in [2.75, 3.05) is 13.7 Å². The molecule has 0 unspecified atom stereocenters. The van der Waals surface area contributed by atoms with E-state index in [1.807, 2.05) is 0 Å². The van der Waals surface area contributed by atoms with Crippen LogP contribution >= 0.6 is 0 Å². The van der Waals surface area contributed by atoms with Gasteiger partial charge in [-0.1, -0.05) is 5.11 Å². The highest BCUT2D eigenvalue weighted by Gasteiger charge is 2.52. The number of hydrogen-bond donors (Lipinski definition) is 3. The first-order valence-corrected chi connectivity index (χ1v) is 6.92. The second-order valence-corrected chi connectivity index (χ2v) is 5.47. The number of aliphatic hydroxyl groups excluding tert-OH is 3. The lowest BCUT2D eigenvalue weighted by molar-refractivity contribution is -0.163. The number of azide groups is 1. The molecule has 0 saturated carbocycles. The summed E-state index contributed by atoms with van der Waals surface area (Å²) in [5.74, 6) is -1.76. The van der Waals surface area contributed by atoms with Crippen molar-refractivity contribution in [3.63, 3.8) is 0 Å². The van der Waals surface area contributed by atoms with Gasteiger partial charge in [0, 0.05) is 4.91 Å². The van der Waals surface area contributed by atoms with E-state index in [0.29, 0.717) is 7.11 Å². The molecule has 134 valence electrons. The van der Waals surface area contributed by atoms with E-state index in [0.717, 1.165) is 0 Å². The highest BCUT2D eigenvalue weighted by molar-refractivity contribution is 7.87. The molecule has 0 saturated heterocycles. The van der Waals surface area contributed by atoms with E-state index in [-0.39, 0.29) is 0 Å². The fraction of sp³-hybridized carbons (Fsp3) is 0.875. The van der Waals surface area contributed by atoms with Gasteiger partial charge < -0.3 is 20.1 Å². The van der Waals surface area contributed by atoms with Gasteiger partial charge in [-0.15, -0.1) is 0 Å². The zero-order chi connectivity index (χ0) is 18.4. The Bertz CT molecular complexity index is 561. The van der Waals surface area contributed by atoms with Gasteiger partial charge >= 0.3 is 21.6 Å². The van der Waals surface area contributed by atoms with Crippen molar-refractivity contribution in [2.24, 2.45) is 5.11 Å². The van der Waals surface area contributed by atoms with Gasteiger partial charge in [0.25, 0.3) is 0 Å². The molecule has 0 rings (SSSR count). The van der Waals surface area contributed by atoms with Crippen LogP contribution in [0.5, 0.6) is 0 Å². The van der Waals surface area contributed by atoms with Crippen molar-refractivity contribution < 1.29 is 50.6 Å². The summed E-state index contributed by atoms with van der Waals surface area (Å²) in [6.07, 6.45) is -9.86. The van der Waals surface area contributed by atoms with Gasteiger partial charge in [0.05, 0.1) is 19.8 Å². The molecular formula is C8H12F3N3O8S. The smallest absolute Gasteiger partial charge is 0.467 e. The summed E-state index contributed by atoms with van der Waals surface area (Å²) in [6.45, 7) is -0.825. The van der Waals surface area contributed by atoms with Crippen LogP contribution in [0.1, 0.15) is 0 Å². The minimum absolute atomic E-state index is 0.647. The number of methoxy groups -OCH3 is 1. The molecule has 15 heteroatoms. The van der Waals surface area contributed by atoms with Crippen LogP contribution in [-0.2, 0) is 23.8 Å². The molecule has 23 heavy (non-hydrogen) atoms. The second-order valence-electron chi connectivity index (χ2n) is 3.90. The molecule has 0 aliphatic carbocycles. The van der Waals surface area contributed by atoms with Gasteiger partial charge in [0.2, 0.25) is 6.10 Å². The van der Waals surface area contributed by atoms with Crippen molar-refractivity contribution in [3.05, 3.63) is 10.4 Å². The Balaban J connectivity index is 5.41. The number of carbonyl (C=O) groups excluding carboxylic acids is 1. The standard InChI is InChI=1S/C8H12F3N3O8S/c1-21-7(18)6(22-23(19,20)8(9,10)11)5(17)4(16)3(15)2-13-14-12/h3-6,15-17H,2H2,1H3/t3-,4+,5+,6-/m1/s1. The van der Waals surface area contributed by atoms with Crippen LogP contribution in [-0.4, -0.2) is 73.3 Å². The molecule has 4 atom stereocenters. The first kappa shape index (κ1) is 21.4. The zero-order valence-electron chi connectivity index (χ0n) is 11.3. The van der Waals surface area contributed by atoms with Crippen LogP contribution in [0.3, 0.4) is 0 Å². The molecule has 11 nitrogen and oxygen atoms in total. The number of ether oxygens (including phenoxy) is 1. The third kappa shape index (κ3) is 5.81. The van der Waals surface area contributed by atoms with Crippen LogP contribution in [0.15, 0.2) is 5.11 Å². The number of aliphatic hydroxyl groups is 3. The van der Waals surface area contributed by atoms with E-state index < -0.39 is 52.6 Å². The van der Waals surface area contributed by atoms with E-state index >= 15 is 0 Å². The van der Waals surface area contributed by atoms with Gasteiger partial charge in [-0.05, 0) is 5.53 Å². The van der Waals surface area contributed by atoms with Gasteiger partial charge in [0.1, 0.15) is 12.2 Å². The lowest BCUT2D eigenvalue weighted by atomic mass is 10.0. The van der Waals surface area contributed by atoms with Crippen molar-refractivity contribution in [3.8, 4) is 0 Å². The first-order valence-electron chi connectivity index (χ1n) is 5.51. The molecule has 0 radical (unpaired) electrons. The summed E-state index contributed by atoms with van der Waals surface area (Å²) in [5.41, 5.74) is 2.10. The van der Waals surface area contributed by atoms with E-state index in [9.17, 15) is 41.7 Å². The quantitative estimate of drug-likeness (QED) is 0.119. The summed E-state index contributed by atoms with van der Waals surface area (Å²) >= 11 is 0. The predicted molar refractivity (Wildman–Crippen MR) is 63.9 cm³/mol. The molecule has 3 N–H and O–H groups in total. The van der Waals surface area contributed by atoms with Gasteiger partial charge in [-0.25, -0.2) is 8.98 Å². The number of halogens is 3. The highest BCUT2D eigenvalue weighted by Crippen LogP contribution is 2.27. The number of rotatable bonds is 8. The molecule has 0 aromatic heterocycles. The molecule has 0 heterocycles. The van der Waals surface area contributed by atoms with Crippen molar-refractivity contribution >= 4 is 16.1 Å². The van der Waals surface area contributed by atoms with Crippen molar-refractivity contribution in [1.82, 2.24) is 0 Å². The average Bonchev–Trinajstić information content (AvgIpc) is 2.46. The summed E-state index contributed by atoms with van der Waals surface area (Å²) in [4.78, 5) is 13.5. The first-order chi connectivity index (χ1) is 10.4. The van der Waals surface area contributed by atoms with E-state index in [1.54, 1.807) is 0 Å². The third-order valence-corrected chi connectivity index (χ3v) is 3.36. The highest BCUT2D eigenvalue weighted by atomic mass is 32.2. The van der Waals surface area contributed by atoms with E-state index in [2.05, 4.69) is 18.9 Å². The maximum absolute atomic E-state index is 12.2. The number of carbonyl (C=O) groups is 1. The molecule has 0 aromatic rings. The van der Waals surface area contributed by atoms with Crippen LogP contribution < -0.4 is 0 Å². The Morgan fingerprint density at radius 3 is 2.22 bits per heavy atom. The predicted octanol–water partition coefficient (Wildman–Crippen LogP) is -1.21. The summed E-state index contributed by atoms with van der Waals surface area (Å²) in [5, 5.41) is 31.2. The molecule has 0 spiro atoms. The Labute approximate surface area is 127 Å². The largest absolute Gasteiger partial charge is 0.523 e. The van der Waals surface area contributed by atoms with Gasteiger partial charge in [-0.3, -0.25) is 0 Å². The van der Waals surface area contributed by atoms with Crippen molar-refractivity contribution in [1.29, 1.82) is 0 Å². The molecule has 0 aliphatic rings. The van der Waals surface area contributed by atoms with E-state index in [4.69, 9.17) is 5.53 Å². The average molecular weight is 367 g/mol. The van der Waals surface area contributed by atoms with Crippen LogP contribution in [0.2, 0.25) is 0 Å². The SMILES string of the molecule is COC(=O)[C@H](OS(=O)(=O)C(F)(F)F)[C@@H](O)[C@@H](O)[C@H](O)CN=[N+]=[N-]. The maximum atomic E-state index is 12.2. The minimum atomic E-state index is -6.31. The molecule has 0 aliphatic heterocycles. The zero-order valence-corrected chi connectivity index (χ0v) is 12.1. The second kappa shape index (κ2) is 8.28. The lowest BCUT2D eigenvalue weighted by Gasteiger charge is -2.27. The number of hydrogen-bond acceptors (Lipinski definition) is 9. The minimum Gasteiger partial charge on any atom is -0.467 e. The molecule has 0 aromatic carbocycles. The number of alkyl halides is 3. The summed E-state index contributed by atoms with van der Waals surface area (Å²) in [7, 11) is -5.66. The molecule has 0 fully saturated rings.